The van der Waals surface area contributed by atoms with Crippen molar-refractivity contribution in [1.29, 1.82) is 0 Å². The summed E-state index contributed by atoms with van der Waals surface area (Å²) in [7, 11) is 0. The lowest BCUT2D eigenvalue weighted by Gasteiger charge is -2.38. The Bertz CT molecular complexity index is 536. The molecule has 0 spiro atoms. The first kappa shape index (κ1) is 17.8. The number of likely N-dealkylation sites (tertiary alicyclic amines) is 1. The van der Waals surface area contributed by atoms with Crippen LogP contribution in [0.25, 0.3) is 0 Å². The van der Waals surface area contributed by atoms with Crippen LogP contribution in [0.15, 0.2) is 28.7 Å². The van der Waals surface area contributed by atoms with Crippen LogP contribution in [0.3, 0.4) is 0 Å². The van der Waals surface area contributed by atoms with E-state index in [2.05, 4.69) is 15.9 Å². The van der Waals surface area contributed by atoms with Crippen molar-refractivity contribution in [1.82, 2.24) is 4.90 Å². The highest BCUT2D eigenvalue weighted by molar-refractivity contribution is 9.10. The molecule has 126 valence electrons. The molecule has 0 radical (unpaired) electrons. The zero-order valence-electron chi connectivity index (χ0n) is 13.5. The number of carbonyl (C=O) groups excluding carboxylic acids is 2. The number of hydrogen-bond acceptors (Lipinski definition) is 4. The molecule has 2 unspecified atom stereocenters. The standard InChI is InChI=1S/C17H22BrNO4/c1-12-4-3-5-13(2)19(12)16(20)10-23-17(21)11-22-15-8-6-14(18)7-9-15/h6-9,12-13H,3-5,10-11H2,1-2H3. The van der Waals surface area contributed by atoms with Gasteiger partial charge in [-0.05, 0) is 57.4 Å². The fourth-order valence-electron chi connectivity index (χ4n) is 2.84. The van der Waals surface area contributed by atoms with Crippen LogP contribution in [-0.2, 0) is 14.3 Å². The Kier molecular flexibility index (Phi) is 6.45. The molecule has 0 bridgehead atoms. The van der Waals surface area contributed by atoms with E-state index in [1.165, 1.54) is 0 Å². The van der Waals surface area contributed by atoms with Crippen molar-refractivity contribution in [3.8, 4) is 5.75 Å². The number of halogens is 1. The van der Waals surface area contributed by atoms with E-state index in [1.54, 1.807) is 12.1 Å². The quantitative estimate of drug-likeness (QED) is 0.732. The summed E-state index contributed by atoms with van der Waals surface area (Å²) in [6.07, 6.45) is 3.13. The molecule has 6 heteroatoms. The molecule has 0 aliphatic carbocycles. The number of ether oxygens (including phenoxy) is 2. The molecule has 1 aromatic carbocycles. The van der Waals surface area contributed by atoms with Crippen molar-refractivity contribution in [3.63, 3.8) is 0 Å². The highest BCUT2D eigenvalue weighted by Crippen LogP contribution is 2.22. The number of amides is 1. The Morgan fingerprint density at radius 2 is 1.74 bits per heavy atom. The molecule has 2 rings (SSSR count). The van der Waals surface area contributed by atoms with Gasteiger partial charge < -0.3 is 14.4 Å². The molecular weight excluding hydrogens is 362 g/mol. The number of rotatable bonds is 5. The van der Waals surface area contributed by atoms with Crippen LogP contribution < -0.4 is 4.74 Å². The second-order valence-electron chi connectivity index (χ2n) is 5.83. The van der Waals surface area contributed by atoms with Crippen LogP contribution in [-0.4, -0.2) is 42.1 Å². The number of benzene rings is 1. The van der Waals surface area contributed by atoms with Gasteiger partial charge in [0.2, 0.25) is 0 Å². The van der Waals surface area contributed by atoms with Crippen molar-refractivity contribution in [3.05, 3.63) is 28.7 Å². The monoisotopic (exact) mass is 383 g/mol. The maximum absolute atomic E-state index is 12.2. The van der Waals surface area contributed by atoms with Crippen LogP contribution in [0.2, 0.25) is 0 Å². The van der Waals surface area contributed by atoms with Crippen molar-refractivity contribution in [2.75, 3.05) is 13.2 Å². The maximum atomic E-state index is 12.2. The third-order valence-corrected chi connectivity index (χ3v) is 4.54. The predicted molar refractivity (Wildman–Crippen MR) is 90.2 cm³/mol. The van der Waals surface area contributed by atoms with E-state index in [0.29, 0.717) is 5.75 Å². The Morgan fingerprint density at radius 3 is 2.35 bits per heavy atom. The van der Waals surface area contributed by atoms with E-state index >= 15 is 0 Å². The third-order valence-electron chi connectivity index (χ3n) is 4.01. The fourth-order valence-corrected chi connectivity index (χ4v) is 3.11. The lowest BCUT2D eigenvalue weighted by atomic mass is 9.97. The van der Waals surface area contributed by atoms with Gasteiger partial charge in [0, 0.05) is 16.6 Å². The third kappa shape index (κ3) is 5.23. The fraction of sp³-hybridized carbons (Fsp3) is 0.529. The summed E-state index contributed by atoms with van der Waals surface area (Å²) in [5.41, 5.74) is 0. The largest absolute Gasteiger partial charge is 0.482 e. The van der Waals surface area contributed by atoms with Gasteiger partial charge in [-0.2, -0.15) is 0 Å². The van der Waals surface area contributed by atoms with Gasteiger partial charge in [-0.25, -0.2) is 4.79 Å². The van der Waals surface area contributed by atoms with Crippen molar-refractivity contribution < 1.29 is 19.1 Å². The first-order chi connectivity index (χ1) is 11.0. The maximum Gasteiger partial charge on any atom is 0.344 e. The van der Waals surface area contributed by atoms with Crippen LogP contribution in [0.4, 0.5) is 0 Å². The molecule has 2 atom stereocenters. The Morgan fingerprint density at radius 1 is 1.13 bits per heavy atom. The summed E-state index contributed by atoms with van der Waals surface area (Å²) in [4.78, 5) is 25.8. The summed E-state index contributed by atoms with van der Waals surface area (Å²) < 4.78 is 11.3. The minimum absolute atomic E-state index is 0.137. The molecule has 1 heterocycles. The van der Waals surface area contributed by atoms with Crippen LogP contribution in [0.1, 0.15) is 33.1 Å². The smallest absolute Gasteiger partial charge is 0.344 e. The molecule has 5 nitrogen and oxygen atoms in total. The highest BCUT2D eigenvalue weighted by atomic mass is 79.9. The molecule has 1 amide bonds. The Hall–Kier alpha value is -1.56. The molecule has 23 heavy (non-hydrogen) atoms. The predicted octanol–water partition coefficient (Wildman–Crippen LogP) is 3.16. The average molecular weight is 384 g/mol. The van der Waals surface area contributed by atoms with Gasteiger partial charge in [-0.1, -0.05) is 15.9 Å². The Balaban J connectivity index is 1.75. The van der Waals surface area contributed by atoms with Gasteiger partial charge in [0.1, 0.15) is 5.75 Å². The first-order valence-corrected chi connectivity index (χ1v) is 8.62. The second kappa shape index (κ2) is 8.34. The molecule has 1 aliphatic rings. The molecule has 0 aromatic heterocycles. The normalized spacial score (nSPS) is 20.9. The van der Waals surface area contributed by atoms with Gasteiger partial charge in [-0.3, -0.25) is 4.79 Å². The molecule has 0 saturated carbocycles. The topological polar surface area (TPSA) is 55.8 Å². The van der Waals surface area contributed by atoms with Crippen LogP contribution in [0, 0.1) is 0 Å². The van der Waals surface area contributed by atoms with E-state index in [9.17, 15) is 9.59 Å². The highest BCUT2D eigenvalue weighted by Gasteiger charge is 2.29. The van der Waals surface area contributed by atoms with Crippen molar-refractivity contribution in [2.45, 2.75) is 45.2 Å². The first-order valence-electron chi connectivity index (χ1n) is 7.82. The lowest BCUT2D eigenvalue weighted by molar-refractivity contribution is -0.156. The molecular formula is C17H22BrNO4. The molecule has 1 saturated heterocycles. The van der Waals surface area contributed by atoms with E-state index in [1.807, 2.05) is 30.9 Å². The number of esters is 1. The summed E-state index contributed by atoms with van der Waals surface area (Å²) in [6, 6.07) is 7.54. The van der Waals surface area contributed by atoms with Crippen LogP contribution in [0.5, 0.6) is 5.75 Å². The van der Waals surface area contributed by atoms with E-state index in [0.717, 1.165) is 23.7 Å². The number of hydrogen-bond donors (Lipinski definition) is 0. The second-order valence-corrected chi connectivity index (χ2v) is 6.75. The van der Waals surface area contributed by atoms with Gasteiger partial charge in [0.25, 0.3) is 5.91 Å². The molecule has 1 aromatic rings. The summed E-state index contributed by atoms with van der Waals surface area (Å²) in [5, 5.41) is 0. The molecule has 0 N–H and O–H groups in total. The summed E-state index contributed by atoms with van der Waals surface area (Å²) in [5.74, 6) is -0.102. The number of piperidine rings is 1. The van der Waals surface area contributed by atoms with Crippen molar-refractivity contribution in [2.24, 2.45) is 0 Å². The Labute approximate surface area is 145 Å². The zero-order valence-corrected chi connectivity index (χ0v) is 15.0. The average Bonchev–Trinajstić information content (AvgIpc) is 2.52. The van der Waals surface area contributed by atoms with Crippen molar-refractivity contribution >= 4 is 27.8 Å². The van der Waals surface area contributed by atoms with E-state index in [4.69, 9.17) is 9.47 Å². The van der Waals surface area contributed by atoms with Crippen LogP contribution >= 0.6 is 15.9 Å². The van der Waals surface area contributed by atoms with E-state index in [-0.39, 0.29) is 31.2 Å². The van der Waals surface area contributed by atoms with Gasteiger partial charge >= 0.3 is 5.97 Å². The van der Waals surface area contributed by atoms with Gasteiger partial charge in [0.15, 0.2) is 13.2 Å². The summed E-state index contributed by atoms with van der Waals surface area (Å²) >= 11 is 3.32. The summed E-state index contributed by atoms with van der Waals surface area (Å²) in [6.45, 7) is 3.63. The minimum atomic E-state index is -0.543. The van der Waals surface area contributed by atoms with Gasteiger partial charge in [-0.15, -0.1) is 0 Å². The number of carbonyl (C=O) groups is 2. The zero-order chi connectivity index (χ0) is 16.8. The SMILES string of the molecule is CC1CCCC(C)N1C(=O)COC(=O)COc1ccc(Br)cc1. The minimum Gasteiger partial charge on any atom is -0.482 e. The number of nitrogens with zero attached hydrogens (tertiary/aromatic N) is 1. The molecule has 1 aliphatic heterocycles. The van der Waals surface area contributed by atoms with E-state index < -0.39 is 5.97 Å². The molecule has 1 fully saturated rings. The van der Waals surface area contributed by atoms with Gasteiger partial charge in [0.05, 0.1) is 0 Å². The lowest BCUT2D eigenvalue weighted by Crippen LogP contribution is -2.49.